The van der Waals surface area contributed by atoms with Crippen LogP contribution in [0.4, 0.5) is 0 Å². The summed E-state index contributed by atoms with van der Waals surface area (Å²) in [6.45, 7) is 4.26. The van der Waals surface area contributed by atoms with Crippen LogP contribution in [0.25, 0.3) is 0 Å². The Kier molecular flexibility index (Phi) is 5.36. The largest absolute Gasteiger partial charge is 0.396 e. The van der Waals surface area contributed by atoms with Gasteiger partial charge in [-0.25, -0.2) is 0 Å². The van der Waals surface area contributed by atoms with Gasteiger partial charge in [0.05, 0.1) is 6.20 Å². The van der Waals surface area contributed by atoms with E-state index in [4.69, 9.17) is 5.11 Å². The predicted molar refractivity (Wildman–Crippen MR) is 60.4 cm³/mol. The van der Waals surface area contributed by atoms with Crippen LogP contribution in [0.5, 0.6) is 0 Å². The lowest BCUT2D eigenvalue weighted by Gasteiger charge is -2.13. The van der Waals surface area contributed by atoms with Gasteiger partial charge in [0.15, 0.2) is 0 Å². The summed E-state index contributed by atoms with van der Waals surface area (Å²) < 4.78 is 1.81. The maximum atomic E-state index is 8.85. The zero-order chi connectivity index (χ0) is 11.1. The topological polar surface area (TPSA) is 50.1 Å². The maximum Gasteiger partial charge on any atom is 0.0534 e. The highest BCUT2D eigenvalue weighted by Crippen LogP contribution is 2.06. The molecule has 4 nitrogen and oxygen atoms in total. The van der Waals surface area contributed by atoms with Gasteiger partial charge >= 0.3 is 0 Å². The molecule has 1 aromatic heterocycles. The molecule has 1 atom stereocenters. The third-order valence-electron chi connectivity index (χ3n) is 2.64. The van der Waals surface area contributed by atoms with Crippen LogP contribution in [0.3, 0.4) is 0 Å². The third kappa shape index (κ3) is 4.44. The van der Waals surface area contributed by atoms with Crippen LogP contribution in [0.15, 0.2) is 12.4 Å². The van der Waals surface area contributed by atoms with E-state index in [0.717, 1.165) is 25.9 Å². The molecule has 0 saturated carbocycles. The van der Waals surface area contributed by atoms with Crippen LogP contribution in [0.1, 0.15) is 25.3 Å². The van der Waals surface area contributed by atoms with Crippen LogP contribution in [0.2, 0.25) is 0 Å². The highest BCUT2D eigenvalue weighted by atomic mass is 16.3. The molecule has 15 heavy (non-hydrogen) atoms. The van der Waals surface area contributed by atoms with Gasteiger partial charge in [-0.05, 0) is 18.9 Å². The second-order valence-electron chi connectivity index (χ2n) is 3.94. The molecule has 0 aliphatic carbocycles. The van der Waals surface area contributed by atoms with E-state index < -0.39 is 0 Å². The number of nitrogens with one attached hydrogen (secondary N) is 1. The number of rotatable bonds is 7. The fourth-order valence-electron chi connectivity index (χ4n) is 1.62. The van der Waals surface area contributed by atoms with Crippen molar-refractivity contribution < 1.29 is 5.11 Å². The molecular formula is C11H21N3O. The Morgan fingerprint density at radius 2 is 2.40 bits per heavy atom. The average molecular weight is 211 g/mol. The predicted octanol–water partition coefficient (Wildman–Crippen LogP) is 0.918. The molecular weight excluding hydrogens is 190 g/mol. The van der Waals surface area contributed by atoms with Crippen LogP contribution < -0.4 is 5.32 Å². The molecule has 4 heteroatoms. The molecule has 0 saturated heterocycles. The first-order valence-corrected chi connectivity index (χ1v) is 5.55. The fourth-order valence-corrected chi connectivity index (χ4v) is 1.62. The van der Waals surface area contributed by atoms with Crippen molar-refractivity contribution in [2.45, 2.75) is 26.3 Å². The summed E-state index contributed by atoms with van der Waals surface area (Å²) in [6.07, 6.45) is 5.89. The second kappa shape index (κ2) is 6.58. The van der Waals surface area contributed by atoms with Crippen molar-refractivity contribution in [3.63, 3.8) is 0 Å². The van der Waals surface area contributed by atoms with Crippen molar-refractivity contribution in [1.82, 2.24) is 15.1 Å². The standard InChI is InChI=1S/C11H21N3O/c1-3-10(4-5-15)6-12-7-11-8-13-14(2)9-11/h8-10,12,15H,3-7H2,1-2H3. The van der Waals surface area contributed by atoms with Crippen LogP contribution in [0, 0.1) is 5.92 Å². The van der Waals surface area contributed by atoms with Gasteiger partial charge in [-0.15, -0.1) is 0 Å². The second-order valence-corrected chi connectivity index (χ2v) is 3.94. The highest BCUT2D eigenvalue weighted by Gasteiger charge is 2.04. The molecule has 0 aromatic carbocycles. The molecule has 1 unspecified atom stereocenters. The number of aryl methyl sites for hydroxylation is 1. The van der Waals surface area contributed by atoms with Crippen molar-refractivity contribution in [3.05, 3.63) is 18.0 Å². The number of nitrogens with zero attached hydrogens (tertiary/aromatic N) is 2. The molecule has 0 fully saturated rings. The van der Waals surface area contributed by atoms with Crippen LogP contribution in [-0.4, -0.2) is 28.0 Å². The van der Waals surface area contributed by atoms with E-state index in [1.54, 1.807) is 0 Å². The minimum Gasteiger partial charge on any atom is -0.396 e. The first-order chi connectivity index (χ1) is 7.26. The molecule has 86 valence electrons. The van der Waals surface area contributed by atoms with Crippen molar-refractivity contribution in [3.8, 4) is 0 Å². The molecule has 1 aromatic rings. The number of aliphatic hydroxyl groups is 1. The normalized spacial score (nSPS) is 13.0. The number of aliphatic hydroxyl groups excluding tert-OH is 1. The van der Waals surface area contributed by atoms with Crippen molar-refractivity contribution in [2.75, 3.05) is 13.2 Å². The third-order valence-corrected chi connectivity index (χ3v) is 2.64. The van der Waals surface area contributed by atoms with E-state index in [1.807, 2.05) is 24.1 Å². The van der Waals surface area contributed by atoms with E-state index in [-0.39, 0.29) is 6.61 Å². The van der Waals surface area contributed by atoms with Gasteiger partial charge in [0, 0.05) is 32.0 Å². The maximum absolute atomic E-state index is 8.85. The summed E-state index contributed by atoms with van der Waals surface area (Å²) in [4.78, 5) is 0. The summed E-state index contributed by atoms with van der Waals surface area (Å²) in [5, 5.41) is 16.3. The first kappa shape index (κ1) is 12.2. The SMILES string of the molecule is CCC(CCO)CNCc1cnn(C)c1. The van der Waals surface area contributed by atoms with E-state index >= 15 is 0 Å². The quantitative estimate of drug-likeness (QED) is 0.705. The number of aromatic nitrogens is 2. The van der Waals surface area contributed by atoms with Crippen molar-refractivity contribution in [1.29, 1.82) is 0 Å². The van der Waals surface area contributed by atoms with Gasteiger partial charge < -0.3 is 10.4 Å². The molecule has 0 aliphatic rings. The molecule has 2 N–H and O–H groups in total. The summed E-state index contributed by atoms with van der Waals surface area (Å²) >= 11 is 0. The molecule has 0 amide bonds. The molecule has 1 rings (SSSR count). The highest BCUT2D eigenvalue weighted by molar-refractivity contribution is 5.02. The van der Waals surface area contributed by atoms with E-state index in [1.165, 1.54) is 5.56 Å². The number of hydrogen-bond donors (Lipinski definition) is 2. The summed E-state index contributed by atoms with van der Waals surface area (Å²) in [6, 6.07) is 0. The fraction of sp³-hybridized carbons (Fsp3) is 0.727. The van der Waals surface area contributed by atoms with Gasteiger partial charge in [0.1, 0.15) is 0 Å². The van der Waals surface area contributed by atoms with Gasteiger partial charge in [-0.3, -0.25) is 4.68 Å². The van der Waals surface area contributed by atoms with E-state index in [0.29, 0.717) is 5.92 Å². The van der Waals surface area contributed by atoms with Crippen LogP contribution >= 0.6 is 0 Å². The Labute approximate surface area is 91.3 Å². The lowest BCUT2D eigenvalue weighted by atomic mass is 10.0. The van der Waals surface area contributed by atoms with E-state index in [2.05, 4.69) is 17.3 Å². The Bertz CT molecular complexity index is 273. The molecule has 0 aliphatic heterocycles. The zero-order valence-electron chi connectivity index (χ0n) is 9.61. The molecule has 0 bridgehead atoms. The van der Waals surface area contributed by atoms with Crippen LogP contribution in [-0.2, 0) is 13.6 Å². The Morgan fingerprint density at radius 1 is 1.60 bits per heavy atom. The summed E-state index contributed by atoms with van der Waals surface area (Å²) in [5.41, 5.74) is 1.20. The Balaban J connectivity index is 2.20. The monoisotopic (exact) mass is 211 g/mol. The molecule has 0 spiro atoms. The number of hydrogen-bond acceptors (Lipinski definition) is 3. The molecule has 1 heterocycles. The Hall–Kier alpha value is -0.870. The van der Waals surface area contributed by atoms with E-state index in [9.17, 15) is 0 Å². The minimum atomic E-state index is 0.285. The first-order valence-electron chi connectivity index (χ1n) is 5.55. The van der Waals surface area contributed by atoms with Gasteiger partial charge in [0.2, 0.25) is 0 Å². The smallest absolute Gasteiger partial charge is 0.0534 e. The van der Waals surface area contributed by atoms with Gasteiger partial charge in [-0.2, -0.15) is 5.10 Å². The van der Waals surface area contributed by atoms with Gasteiger partial charge in [0.25, 0.3) is 0 Å². The minimum absolute atomic E-state index is 0.285. The van der Waals surface area contributed by atoms with Crippen molar-refractivity contribution >= 4 is 0 Å². The lowest BCUT2D eigenvalue weighted by Crippen LogP contribution is -2.22. The summed E-state index contributed by atoms with van der Waals surface area (Å²) in [7, 11) is 1.92. The Morgan fingerprint density at radius 3 is 2.93 bits per heavy atom. The molecule has 0 radical (unpaired) electrons. The summed E-state index contributed by atoms with van der Waals surface area (Å²) in [5.74, 6) is 0.576. The zero-order valence-corrected chi connectivity index (χ0v) is 9.61. The average Bonchev–Trinajstić information content (AvgIpc) is 2.63. The van der Waals surface area contributed by atoms with Gasteiger partial charge in [-0.1, -0.05) is 13.3 Å². The van der Waals surface area contributed by atoms with Crippen molar-refractivity contribution in [2.24, 2.45) is 13.0 Å². The lowest BCUT2D eigenvalue weighted by molar-refractivity contribution is 0.251.